The molecule has 0 radical (unpaired) electrons. The van der Waals surface area contributed by atoms with Crippen molar-refractivity contribution in [2.45, 2.75) is 24.2 Å². The number of benzene rings is 1. The molecule has 1 N–H and O–H groups in total. The fourth-order valence-electron chi connectivity index (χ4n) is 2.68. The van der Waals surface area contributed by atoms with Crippen LogP contribution in [0.25, 0.3) is 0 Å². The molecule has 6 heteroatoms. The Morgan fingerprint density at radius 2 is 1.86 bits per heavy atom. The third-order valence-electron chi connectivity index (χ3n) is 4.20. The van der Waals surface area contributed by atoms with Gasteiger partial charge in [0.1, 0.15) is 0 Å². The minimum atomic E-state index is -3.25. The van der Waals surface area contributed by atoms with E-state index in [1.165, 1.54) is 24.3 Å². The van der Waals surface area contributed by atoms with Crippen molar-refractivity contribution in [3.63, 3.8) is 0 Å². The summed E-state index contributed by atoms with van der Waals surface area (Å²) in [5.41, 5.74) is 0.300. The Morgan fingerprint density at radius 1 is 1.29 bits per heavy atom. The average Bonchev–Trinajstić information content (AvgIpc) is 2.41. The summed E-state index contributed by atoms with van der Waals surface area (Å²) < 4.78 is 22.8. The highest BCUT2D eigenvalue weighted by molar-refractivity contribution is 7.90. The van der Waals surface area contributed by atoms with E-state index in [1.807, 2.05) is 0 Å². The predicted molar refractivity (Wildman–Crippen MR) is 79.9 cm³/mol. The van der Waals surface area contributed by atoms with Gasteiger partial charge in [0.05, 0.1) is 11.5 Å². The molecular formula is C15H21NO4S. The molecule has 1 fully saturated rings. The van der Waals surface area contributed by atoms with Crippen molar-refractivity contribution in [2.24, 2.45) is 5.41 Å². The number of aliphatic hydroxyl groups excluding tert-OH is 1. The zero-order valence-electron chi connectivity index (χ0n) is 12.4. The second-order valence-corrected chi connectivity index (χ2v) is 7.99. The van der Waals surface area contributed by atoms with E-state index in [9.17, 15) is 18.3 Å². The summed E-state index contributed by atoms with van der Waals surface area (Å²) in [5, 5.41) is 9.46. The first-order chi connectivity index (χ1) is 9.77. The molecule has 0 aliphatic heterocycles. The number of rotatable bonds is 5. The first-order valence-corrected chi connectivity index (χ1v) is 8.83. The van der Waals surface area contributed by atoms with Gasteiger partial charge in [0, 0.05) is 30.8 Å². The number of carbonyl (C=O) groups is 1. The molecule has 116 valence electrons. The molecule has 1 aliphatic carbocycles. The molecule has 1 amide bonds. The van der Waals surface area contributed by atoms with Crippen LogP contribution in [0, 0.1) is 5.41 Å². The normalized spacial score (nSPS) is 17.1. The van der Waals surface area contributed by atoms with E-state index in [0.717, 1.165) is 25.5 Å². The van der Waals surface area contributed by atoms with Crippen molar-refractivity contribution in [1.82, 2.24) is 4.90 Å². The Labute approximate surface area is 125 Å². The van der Waals surface area contributed by atoms with Gasteiger partial charge in [0.25, 0.3) is 5.91 Å². The molecule has 1 saturated carbocycles. The van der Waals surface area contributed by atoms with E-state index >= 15 is 0 Å². The largest absolute Gasteiger partial charge is 0.396 e. The number of sulfone groups is 1. The summed E-state index contributed by atoms with van der Waals surface area (Å²) in [6.45, 7) is 0.619. The minimum Gasteiger partial charge on any atom is -0.396 e. The second kappa shape index (κ2) is 5.77. The topological polar surface area (TPSA) is 74.7 Å². The van der Waals surface area contributed by atoms with Gasteiger partial charge in [-0.1, -0.05) is 6.42 Å². The van der Waals surface area contributed by atoms with Crippen LogP contribution in [0.3, 0.4) is 0 Å². The SMILES string of the molecule is CN(CC1(CO)CCC1)C(=O)c1ccc(S(C)(=O)=O)cc1. The van der Waals surface area contributed by atoms with Gasteiger partial charge in [-0.05, 0) is 37.1 Å². The Kier molecular flexibility index (Phi) is 4.39. The number of nitrogens with zero attached hydrogens (tertiary/aromatic N) is 1. The van der Waals surface area contributed by atoms with Gasteiger partial charge in [-0.2, -0.15) is 0 Å². The first kappa shape index (κ1) is 16.0. The molecule has 1 aromatic carbocycles. The number of hydrogen-bond donors (Lipinski definition) is 1. The number of hydrogen-bond acceptors (Lipinski definition) is 4. The zero-order valence-corrected chi connectivity index (χ0v) is 13.2. The van der Waals surface area contributed by atoms with E-state index in [1.54, 1.807) is 11.9 Å². The summed E-state index contributed by atoms with van der Waals surface area (Å²) >= 11 is 0. The Morgan fingerprint density at radius 3 is 2.24 bits per heavy atom. The molecule has 2 rings (SSSR count). The van der Waals surface area contributed by atoms with E-state index in [2.05, 4.69) is 0 Å². The quantitative estimate of drug-likeness (QED) is 0.890. The Hall–Kier alpha value is -1.40. The van der Waals surface area contributed by atoms with Crippen LogP contribution in [0.15, 0.2) is 29.2 Å². The zero-order chi connectivity index (χ0) is 15.7. The van der Waals surface area contributed by atoms with Crippen molar-refractivity contribution in [2.75, 3.05) is 26.5 Å². The lowest BCUT2D eigenvalue weighted by Crippen LogP contribution is -2.45. The third kappa shape index (κ3) is 3.44. The molecule has 5 nitrogen and oxygen atoms in total. The lowest BCUT2D eigenvalue weighted by Gasteiger charge is -2.42. The van der Waals surface area contributed by atoms with Crippen molar-refractivity contribution in [3.05, 3.63) is 29.8 Å². The fourth-order valence-corrected chi connectivity index (χ4v) is 3.31. The van der Waals surface area contributed by atoms with E-state index in [-0.39, 0.29) is 22.8 Å². The highest BCUT2D eigenvalue weighted by Gasteiger charge is 2.38. The second-order valence-electron chi connectivity index (χ2n) is 5.97. The number of aliphatic hydroxyl groups is 1. The molecule has 0 unspecified atom stereocenters. The molecule has 0 saturated heterocycles. The molecule has 1 aliphatic rings. The highest BCUT2D eigenvalue weighted by Crippen LogP contribution is 2.40. The standard InChI is InChI=1S/C15H21NO4S/c1-16(10-15(11-17)8-3-9-15)14(18)12-4-6-13(7-5-12)21(2,19)20/h4-7,17H,3,8-11H2,1-2H3. The molecule has 21 heavy (non-hydrogen) atoms. The molecule has 0 aromatic heterocycles. The maximum Gasteiger partial charge on any atom is 0.253 e. The van der Waals surface area contributed by atoms with Crippen LogP contribution in [0.1, 0.15) is 29.6 Å². The van der Waals surface area contributed by atoms with Crippen LogP contribution < -0.4 is 0 Å². The number of amides is 1. The molecule has 1 aromatic rings. The summed E-state index contributed by atoms with van der Waals surface area (Å²) in [6, 6.07) is 5.95. The third-order valence-corrected chi connectivity index (χ3v) is 5.33. The van der Waals surface area contributed by atoms with Gasteiger partial charge in [0.2, 0.25) is 0 Å². The molecule has 0 heterocycles. The molecule has 0 atom stereocenters. The van der Waals surface area contributed by atoms with E-state index in [0.29, 0.717) is 12.1 Å². The van der Waals surface area contributed by atoms with Gasteiger partial charge in [0.15, 0.2) is 9.84 Å². The van der Waals surface area contributed by atoms with Gasteiger partial charge in [-0.3, -0.25) is 4.79 Å². The van der Waals surface area contributed by atoms with Gasteiger partial charge < -0.3 is 10.0 Å². The lowest BCUT2D eigenvalue weighted by molar-refractivity contribution is 0.0146. The van der Waals surface area contributed by atoms with Crippen LogP contribution in [0.5, 0.6) is 0 Å². The van der Waals surface area contributed by atoms with Gasteiger partial charge >= 0.3 is 0 Å². The van der Waals surface area contributed by atoms with Gasteiger partial charge in [-0.25, -0.2) is 8.42 Å². The van der Waals surface area contributed by atoms with Crippen molar-refractivity contribution in [1.29, 1.82) is 0 Å². The van der Waals surface area contributed by atoms with Crippen LogP contribution >= 0.6 is 0 Å². The minimum absolute atomic E-state index is 0.0949. The van der Waals surface area contributed by atoms with Crippen molar-refractivity contribution in [3.8, 4) is 0 Å². The molecule has 0 bridgehead atoms. The Bertz CT molecular complexity index is 612. The van der Waals surface area contributed by atoms with Crippen LogP contribution in [0.4, 0.5) is 0 Å². The lowest BCUT2D eigenvalue weighted by atomic mass is 9.69. The summed E-state index contributed by atoms with van der Waals surface area (Å²) in [7, 11) is -1.54. The Balaban J connectivity index is 2.09. The predicted octanol–water partition coefficient (Wildman–Crippen LogP) is 1.32. The average molecular weight is 311 g/mol. The molecular weight excluding hydrogens is 290 g/mol. The molecule has 0 spiro atoms. The summed E-state index contributed by atoms with van der Waals surface area (Å²) in [6.07, 6.45) is 4.10. The highest BCUT2D eigenvalue weighted by atomic mass is 32.2. The van der Waals surface area contributed by atoms with Crippen LogP contribution in [-0.4, -0.2) is 50.8 Å². The summed E-state index contributed by atoms with van der Waals surface area (Å²) in [5.74, 6) is -0.158. The van der Waals surface area contributed by atoms with E-state index < -0.39 is 9.84 Å². The van der Waals surface area contributed by atoms with Crippen molar-refractivity contribution < 1.29 is 18.3 Å². The smallest absolute Gasteiger partial charge is 0.253 e. The summed E-state index contributed by atoms with van der Waals surface area (Å²) in [4.78, 5) is 14.1. The maximum atomic E-state index is 12.3. The monoisotopic (exact) mass is 311 g/mol. The van der Waals surface area contributed by atoms with Crippen molar-refractivity contribution >= 4 is 15.7 Å². The number of carbonyl (C=O) groups excluding carboxylic acids is 1. The first-order valence-electron chi connectivity index (χ1n) is 6.94. The maximum absolute atomic E-state index is 12.3. The van der Waals surface area contributed by atoms with Gasteiger partial charge in [-0.15, -0.1) is 0 Å². The van der Waals surface area contributed by atoms with Crippen LogP contribution in [0.2, 0.25) is 0 Å². The van der Waals surface area contributed by atoms with Crippen LogP contribution in [-0.2, 0) is 9.84 Å². The van der Waals surface area contributed by atoms with E-state index in [4.69, 9.17) is 0 Å². The fraction of sp³-hybridized carbons (Fsp3) is 0.533.